The molecule has 1 fully saturated rings. The topological polar surface area (TPSA) is 55.8 Å². The Morgan fingerprint density at radius 3 is 2.57 bits per heavy atom. The number of rotatable bonds is 3. The van der Waals surface area contributed by atoms with E-state index in [-0.39, 0.29) is 5.41 Å². The largest absolute Gasteiger partial charge is 0.478 e. The second kappa shape index (κ2) is 4.57. The smallest absolute Gasteiger partial charge is 0.330 e. The van der Waals surface area contributed by atoms with E-state index >= 15 is 0 Å². The fourth-order valence-electron chi connectivity index (χ4n) is 1.28. The lowest BCUT2D eigenvalue weighted by Gasteiger charge is -2.32. The van der Waals surface area contributed by atoms with Crippen LogP contribution in [0.3, 0.4) is 0 Å². The lowest BCUT2D eigenvalue weighted by atomic mass is 9.87. The van der Waals surface area contributed by atoms with Crippen LogP contribution in [0.2, 0.25) is 0 Å². The van der Waals surface area contributed by atoms with Gasteiger partial charge in [-0.3, -0.25) is 0 Å². The van der Waals surface area contributed by atoms with Crippen molar-refractivity contribution < 1.29 is 19.4 Å². The molecule has 80 valence electrons. The number of hydrogen-bond donors (Lipinski definition) is 1. The molecule has 1 N–H and O–H groups in total. The van der Waals surface area contributed by atoms with Crippen LogP contribution in [0, 0.1) is 5.41 Å². The molecule has 0 bridgehead atoms. The summed E-state index contributed by atoms with van der Waals surface area (Å²) in [7, 11) is 0. The van der Waals surface area contributed by atoms with Gasteiger partial charge < -0.3 is 14.6 Å². The van der Waals surface area contributed by atoms with Gasteiger partial charge in [0.05, 0.1) is 13.2 Å². The van der Waals surface area contributed by atoms with Crippen molar-refractivity contribution in [3.05, 3.63) is 11.6 Å². The summed E-state index contributed by atoms with van der Waals surface area (Å²) in [6.45, 7) is 5.21. The molecule has 0 spiro atoms. The molecule has 0 radical (unpaired) electrons. The maximum absolute atomic E-state index is 10.5. The molecule has 0 aromatic carbocycles. The minimum Gasteiger partial charge on any atom is -0.478 e. The highest BCUT2D eigenvalue weighted by Gasteiger charge is 2.27. The molecule has 4 heteroatoms. The van der Waals surface area contributed by atoms with E-state index in [4.69, 9.17) is 14.6 Å². The molecule has 1 saturated heterocycles. The molecule has 0 saturated carbocycles. The molecular formula is C10H16O4. The van der Waals surface area contributed by atoms with Gasteiger partial charge in [0.25, 0.3) is 0 Å². The van der Waals surface area contributed by atoms with Crippen LogP contribution < -0.4 is 0 Å². The number of allylic oxidation sites excluding steroid dienone is 1. The minimum absolute atomic E-state index is 0.0883. The third-order valence-electron chi connectivity index (χ3n) is 2.31. The standard InChI is InChI=1S/C10H16O4/c1-8(9(11)12)3-4-10(2)5-13-7-14-6-10/h3H,4-7H2,1-2H3,(H,11,12). The highest BCUT2D eigenvalue weighted by molar-refractivity contribution is 5.85. The average molecular weight is 200 g/mol. The number of carboxylic acid groups (broad SMARTS) is 1. The number of ether oxygens (including phenoxy) is 2. The van der Waals surface area contributed by atoms with Crippen LogP contribution in [-0.2, 0) is 14.3 Å². The molecule has 14 heavy (non-hydrogen) atoms. The van der Waals surface area contributed by atoms with E-state index in [0.29, 0.717) is 32.0 Å². The summed E-state index contributed by atoms with van der Waals surface area (Å²) in [6, 6.07) is 0. The predicted octanol–water partition coefficient (Wildman–Crippen LogP) is 1.42. The Hall–Kier alpha value is -0.870. The molecule has 1 heterocycles. The van der Waals surface area contributed by atoms with Crippen molar-refractivity contribution in [3.8, 4) is 0 Å². The van der Waals surface area contributed by atoms with Crippen molar-refractivity contribution in [2.45, 2.75) is 20.3 Å². The van der Waals surface area contributed by atoms with Crippen molar-refractivity contribution in [1.82, 2.24) is 0 Å². The molecule has 0 aromatic heterocycles. The van der Waals surface area contributed by atoms with Gasteiger partial charge >= 0.3 is 5.97 Å². The van der Waals surface area contributed by atoms with Gasteiger partial charge in [-0.15, -0.1) is 0 Å². The van der Waals surface area contributed by atoms with Crippen LogP contribution in [0.25, 0.3) is 0 Å². The van der Waals surface area contributed by atoms with E-state index in [1.165, 1.54) is 0 Å². The van der Waals surface area contributed by atoms with E-state index in [0.717, 1.165) is 0 Å². The van der Waals surface area contributed by atoms with E-state index in [1.54, 1.807) is 13.0 Å². The molecule has 1 rings (SSSR count). The summed E-state index contributed by atoms with van der Waals surface area (Å²) in [5.41, 5.74) is 0.284. The van der Waals surface area contributed by atoms with Crippen LogP contribution in [-0.4, -0.2) is 31.1 Å². The zero-order valence-electron chi connectivity index (χ0n) is 8.58. The van der Waals surface area contributed by atoms with Gasteiger partial charge in [-0.25, -0.2) is 4.79 Å². The number of hydrogen-bond acceptors (Lipinski definition) is 3. The van der Waals surface area contributed by atoms with Gasteiger partial charge in [-0.05, 0) is 13.3 Å². The maximum atomic E-state index is 10.5. The Kier molecular flexibility index (Phi) is 3.66. The molecule has 0 aromatic rings. The first-order valence-electron chi connectivity index (χ1n) is 4.59. The van der Waals surface area contributed by atoms with Gasteiger partial charge in [0.1, 0.15) is 6.79 Å². The zero-order chi connectivity index (χ0) is 10.6. The van der Waals surface area contributed by atoms with E-state index in [9.17, 15) is 4.79 Å². The Bertz CT molecular complexity index is 239. The summed E-state index contributed by atoms with van der Waals surface area (Å²) < 4.78 is 10.4. The van der Waals surface area contributed by atoms with Gasteiger partial charge in [-0.2, -0.15) is 0 Å². The third-order valence-corrected chi connectivity index (χ3v) is 2.31. The van der Waals surface area contributed by atoms with Crippen molar-refractivity contribution in [2.24, 2.45) is 5.41 Å². The number of carboxylic acids is 1. The Morgan fingerprint density at radius 1 is 1.50 bits per heavy atom. The summed E-state index contributed by atoms with van der Waals surface area (Å²) in [5.74, 6) is -0.869. The molecular weight excluding hydrogens is 184 g/mol. The van der Waals surface area contributed by atoms with Crippen molar-refractivity contribution in [3.63, 3.8) is 0 Å². The fourth-order valence-corrected chi connectivity index (χ4v) is 1.28. The fraction of sp³-hybridized carbons (Fsp3) is 0.700. The van der Waals surface area contributed by atoms with Crippen molar-refractivity contribution in [2.75, 3.05) is 20.0 Å². The molecule has 1 aliphatic heterocycles. The Morgan fingerprint density at radius 2 is 2.07 bits per heavy atom. The van der Waals surface area contributed by atoms with Crippen molar-refractivity contribution in [1.29, 1.82) is 0 Å². The third kappa shape index (κ3) is 3.12. The van der Waals surface area contributed by atoms with Crippen LogP contribution in [0.4, 0.5) is 0 Å². The van der Waals surface area contributed by atoms with Crippen LogP contribution in [0.5, 0.6) is 0 Å². The first-order valence-corrected chi connectivity index (χ1v) is 4.59. The predicted molar refractivity (Wildman–Crippen MR) is 50.9 cm³/mol. The number of aliphatic carboxylic acids is 1. The van der Waals surface area contributed by atoms with Crippen LogP contribution >= 0.6 is 0 Å². The first kappa shape index (κ1) is 11.2. The van der Waals surface area contributed by atoms with Crippen LogP contribution in [0.1, 0.15) is 20.3 Å². The SMILES string of the molecule is CC(=CCC1(C)COCOC1)C(=O)O. The van der Waals surface area contributed by atoms with E-state index in [1.807, 2.05) is 6.92 Å². The highest BCUT2D eigenvalue weighted by atomic mass is 16.7. The maximum Gasteiger partial charge on any atom is 0.330 e. The normalized spacial score (nSPS) is 22.0. The molecule has 0 unspecified atom stereocenters. The van der Waals surface area contributed by atoms with Gasteiger partial charge in [0, 0.05) is 11.0 Å². The average Bonchev–Trinajstić information content (AvgIpc) is 2.15. The minimum atomic E-state index is -0.869. The zero-order valence-corrected chi connectivity index (χ0v) is 8.58. The first-order chi connectivity index (χ1) is 6.53. The molecule has 4 nitrogen and oxygen atoms in total. The quantitative estimate of drug-likeness (QED) is 0.700. The summed E-state index contributed by atoms with van der Waals surface area (Å²) >= 11 is 0. The van der Waals surface area contributed by atoms with Gasteiger partial charge in [0.2, 0.25) is 0 Å². The van der Waals surface area contributed by atoms with E-state index in [2.05, 4.69) is 0 Å². The molecule has 0 aliphatic carbocycles. The Balaban J connectivity index is 2.50. The van der Waals surface area contributed by atoms with Crippen LogP contribution in [0.15, 0.2) is 11.6 Å². The molecule has 1 aliphatic rings. The monoisotopic (exact) mass is 200 g/mol. The second-order valence-electron chi connectivity index (χ2n) is 4.02. The lowest BCUT2D eigenvalue weighted by molar-refractivity contribution is -0.158. The second-order valence-corrected chi connectivity index (χ2v) is 4.02. The van der Waals surface area contributed by atoms with E-state index < -0.39 is 5.97 Å². The van der Waals surface area contributed by atoms with Crippen molar-refractivity contribution >= 4 is 5.97 Å². The highest BCUT2D eigenvalue weighted by Crippen LogP contribution is 2.26. The Labute approximate surface area is 83.5 Å². The summed E-state index contributed by atoms with van der Waals surface area (Å²) in [5, 5.41) is 8.66. The summed E-state index contributed by atoms with van der Waals surface area (Å²) in [6.07, 6.45) is 2.39. The lowest BCUT2D eigenvalue weighted by Crippen LogP contribution is -2.34. The summed E-state index contributed by atoms with van der Waals surface area (Å²) in [4.78, 5) is 10.5. The molecule has 0 atom stereocenters. The molecule has 0 amide bonds. The van der Waals surface area contributed by atoms with Gasteiger partial charge in [-0.1, -0.05) is 13.0 Å². The number of carbonyl (C=O) groups is 1. The van der Waals surface area contributed by atoms with Gasteiger partial charge in [0.15, 0.2) is 0 Å².